The number of nitrogens with zero attached hydrogens (tertiary/aromatic N) is 1. The molecule has 1 heterocycles. The number of pyridine rings is 1. The lowest BCUT2D eigenvalue weighted by atomic mass is 10.1. The van der Waals surface area contributed by atoms with Crippen molar-refractivity contribution in [3.8, 4) is 0 Å². The molecule has 1 radical (unpaired) electrons. The summed E-state index contributed by atoms with van der Waals surface area (Å²) in [5.41, 5.74) is 2.83. The molecule has 1 aromatic heterocycles. The van der Waals surface area contributed by atoms with Crippen LogP contribution in [0.25, 0.3) is 0 Å². The van der Waals surface area contributed by atoms with E-state index in [1.165, 1.54) is 24.0 Å². The molecule has 14 heavy (non-hydrogen) atoms. The highest BCUT2D eigenvalue weighted by atomic mass is 14.9. The van der Waals surface area contributed by atoms with Crippen LogP contribution in [0.3, 0.4) is 0 Å². The van der Waals surface area contributed by atoms with Crippen LogP contribution < -0.4 is 4.57 Å². The molecular weight excluding hydrogens is 170 g/mol. The van der Waals surface area contributed by atoms with E-state index in [0.29, 0.717) is 0 Å². The molecule has 1 heteroatoms. The van der Waals surface area contributed by atoms with Gasteiger partial charge in [0.25, 0.3) is 0 Å². The standard InChI is InChI=1S/C13H21N/c1-4-6-9-14-10-8-13(7-5-2)12(3)11-14/h8,10-11H,2,4-7,9H2,1,3H3/q+1. The monoisotopic (exact) mass is 191 g/mol. The molecule has 1 aromatic rings. The zero-order valence-electron chi connectivity index (χ0n) is 9.42. The summed E-state index contributed by atoms with van der Waals surface area (Å²) in [6.45, 7) is 9.44. The minimum atomic E-state index is 0.986. The van der Waals surface area contributed by atoms with Gasteiger partial charge in [0.2, 0.25) is 0 Å². The van der Waals surface area contributed by atoms with Gasteiger partial charge in [-0.2, -0.15) is 0 Å². The van der Waals surface area contributed by atoms with Gasteiger partial charge in [-0.05, 0) is 25.3 Å². The third-order valence-corrected chi connectivity index (χ3v) is 2.55. The first-order chi connectivity index (χ1) is 6.77. The SMILES string of the molecule is [CH2]CCc1cc[n+](CCCC)cc1C. The molecule has 0 N–H and O–H groups in total. The molecule has 0 saturated carbocycles. The minimum Gasteiger partial charge on any atom is -0.205 e. The number of unbranched alkanes of at least 4 members (excludes halogenated alkanes) is 1. The zero-order chi connectivity index (χ0) is 10.4. The van der Waals surface area contributed by atoms with Crippen molar-refractivity contribution >= 4 is 0 Å². The van der Waals surface area contributed by atoms with Gasteiger partial charge in [0.15, 0.2) is 12.4 Å². The molecular formula is C13H21N+. The number of hydrogen-bond acceptors (Lipinski definition) is 0. The van der Waals surface area contributed by atoms with Gasteiger partial charge < -0.3 is 0 Å². The summed E-state index contributed by atoms with van der Waals surface area (Å²) in [7, 11) is 0. The fourth-order valence-corrected chi connectivity index (χ4v) is 1.64. The highest BCUT2D eigenvalue weighted by Crippen LogP contribution is 2.06. The van der Waals surface area contributed by atoms with Crippen LogP contribution in [0, 0.1) is 13.8 Å². The van der Waals surface area contributed by atoms with E-state index in [0.717, 1.165) is 19.4 Å². The highest BCUT2D eigenvalue weighted by Gasteiger charge is 2.04. The van der Waals surface area contributed by atoms with Gasteiger partial charge in [-0.3, -0.25) is 0 Å². The van der Waals surface area contributed by atoms with Crippen molar-refractivity contribution < 1.29 is 4.57 Å². The first kappa shape index (κ1) is 11.2. The predicted octanol–water partition coefficient (Wildman–Crippen LogP) is 2.85. The quantitative estimate of drug-likeness (QED) is 0.630. The van der Waals surface area contributed by atoms with Crippen LogP contribution in [0.5, 0.6) is 0 Å². The van der Waals surface area contributed by atoms with Crippen LogP contribution in [0.1, 0.15) is 37.3 Å². The summed E-state index contributed by atoms with van der Waals surface area (Å²) in [5.74, 6) is 0. The number of aryl methyl sites for hydroxylation is 3. The smallest absolute Gasteiger partial charge is 0.171 e. The van der Waals surface area contributed by atoms with E-state index < -0.39 is 0 Å². The van der Waals surface area contributed by atoms with E-state index >= 15 is 0 Å². The van der Waals surface area contributed by atoms with E-state index in [9.17, 15) is 0 Å². The average Bonchev–Trinajstić information content (AvgIpc) is 2.19. The zero-order valence-corrected chi connectivity index (χ0v) is 9.42. The summed E-state index contributed by atoms with van der Waals surface area (Å²) in [6.07, 6.45) is 9.04. The molecule has 77 valence electrons. The maximum Gasteiger partial charge on any atom is 0.171 e. The summed E-state index contributed by atoms with van der Waals surface area (Å²) in [4.78, 5) is 0. The van der Waals surface area contributed by atoms with Crippen molar-refractivity contribution in [1.29, 1.82) is 0 Å². The average molecular weight is 191 g/mol. The molecule has 1 rings (SSSR count). The van der Waals surface area contributed by atoms with E-state index in [4.69, 9.17) is 0 Å². The van der Waals surface area contributed by atoms with Gasteiger partial charge in [-0.15, -0.1) is 0 Å². The number of hydrogen-bond donors (Lipinski definition) is 0. The molecule has 0 fully saturated rings. The lowest BCUT2D eigenvalue weighted by Gasteiger charge is -2.02. The Kier molecular flexibility index (Phi) is 4.64. The number of rotatable bonds is 5. The fraction of sp³-hybridized carbons (Fsp3) is 0.538. The second kappa shape index (κ2) is 5.79. The van der Waals surface area contributed by atoms with Crippen molar-refractivity contribution in [2.75, 3.05) is 0 Å². The molecule has 0 aliphatic rings. The Labute approximate surface area is 87.8 Å². The lowest BCUT2D eigenvalue weighted by Crippen LogP contribution is -2.33. The van der Waals surface area contributed by atoms with Gasteiger partial charge in [0.05, 0.1) is 0 Å². The summed E-state index contributed by atoms with van der Waals surface area (Å²) >= 11 is 0. The Morgan fingerprint density at radius 3 is 2.79 bits per heavy atom. The summed E-state index contributed by atoms with van der Waals surface area (Å²) < 4.78 is 2.28. The van der Waals surface area contributed by atoms with Crippen molar-refractivity contribution in [2.24, 2.45) is 0 Å². The third kappa shape index (κ3) is 3.13. The van der Waals surface area contributed by atoms with Crippen molar-refractivity contribution in [3.63, 3.8) is 0 Å². The third-order valence-electron chi connectivity index (χ3n) is 2.55. The normalized spacial score (nSPS) is 10.5. The molecule has 0 amide bonds. The molecule has 0 aromatic carbocycles. The Morgan fingerprint density at radius 2 is 2.21 bits per heavy atom. The van der Waals surface area contributed by atoms with E-state index in [2.05, 4.69) is 43.8 Å². The summed E-state index contributed by atoms with van der Waals surface area (Å²) in [6, 6.07) is 2.23. The first-order valence-corrected chi connectivity index (χ1v) is 5.55. The van der Waals surface area contributed by atoms with E-state index in [1.807, 2.05) is 0 Å². The largest absolute Gasteiger partial charge is 0.205 e. The summed E-state index contributed by atoms with van der Waals surface area (Å²) in [5, 5.41) is 0. The fourth-order valence-electron chi connectivity index (χ4n) is 1.64. The second-order valence-corrected chi connectivity index (χ2v) is 3.85. The maximum atomic E-state index is 3.89. The van der Waals surface area contributed by atoms with Crippen LogP contribution in [0.15, 0.2) is 18.5 Å². The Hall–Kier alpha value is -0.850. The van der Waals surface area contributed by atoms with Crippen LogP contribution in [0.4, 0.5) is 0 Å². The molecule has 0 aliphatic heterocycles. The predicted molar refractivity (Wildman–Crippen MR) is 60.0 cm³/mol. The Morgan fingerprint density at radius 1 is 1.43 bits per heavy atom. The van der Waals surface area contributed by atoms with Crippen LogP contribution in [0.2, 0.25) is 0 Å². The molecule has 0 spiro atoms. The van der Waals surface area contributed by atoms with Gasteiger partial charge >= 0.3 is 0 Å². The Balaban J connectivity index is 2.68. The molecule has 0 saturated heterocycles. The first-order valence-electron chi connectivity index (χ1n) is 5.55. The minimum absolute atomic E-state index is 0.986. The highest BCUT2D eigenvalue weighted by molar-refractivity contribution is 5.19. The molecule has 1 nitrogen and oxygen atoms in total. The Bertz CT molecular complexity index is 279. The molecule has 0 aliphatic carbocycles. The van der Waals surface area contributed by atoms with Crippen molar-refractivity contribution in [2.45, 2.75) is 46.1 Å². The number of aromatic nitrogens is 1. The molecule has 0 bridgehead atoms. The van der Waals surface area contributed by atoms with Gasteiger partial charge in [-0.25, -0.2) is 4.57 Å². The topological polar surface area (TPSA) is 3.88 Å². The van der Waals surface area contributed by atoms with Crippen LogP contribution in [-0.2, 0) is 13.0 Å². The van der Waals surface area contributed by atoms with Gasteiger partial charge in [0, 0.05) is 18.1 Å². The van der Waals surface area contributed by atoms with Gasteiger partial charge in [-0.1, -0.05) is 20.3 Å². The van der Waals surface area contributed by atoms with E-state index in [-0.39, 0.29) is 0 Å². The molecule has 0 atom stereocenters. The lowest BCUT2D eigenvalue weighted by molar-refractivity contribution is -0.697. The maximum absolute atomic E-state index is 3.89. The van der Waals surface area contributed by atoms with Crippen LogP contribution >= 0.6 is 0 Å². The van der Waals surface area contributed by atoms with Crippen molar-refractivity contribution in [1.82, 2.24) is 0 Å². The molecule has 0 unspecified atom stereocenters. The van der Waals surface area contributed by atoms with Crippen LogP contribution in [-0.4, -0.2) is 0 Å². The van der Waals surface area contributed by atoms with Crippen molar-refractivity contribution in [3.05, 3.63) is 36.5 Å². The second-order valence-electron chi connectivity index (χ2n) is 3.85. The van der Waals surface area contributed by atoms with E-state index in [1.54, 1.807) is 0 Å². The van der Waals surface area contributed by atoms with Gasteiger partial charge in [0.1, 0.15) is 6.54 Å².